The van der Waals surface area contributed by atoms with Crippen molar-refractivity contribution in [1.82, 2.24) is 9.55 Å². The van der Waals surface area contributed by atoms with E-state index in [0.717, 1.165) is 28.5 Å². The molecule has 0 saturated carbocycles. The van der Waals surface area contributed by atoms with Crippen LogP contribution in [0.25, 0.3) is 11.0 Å². The number of benzene rings is 2. The lowest BCUT2D eigenvalue weighted by Crippen LogP contribution is -2.01. The molecule has 0 bridgehead atoms. The van der Waals surface area contributed by atoms with Gasteiger partial charge in [0, 0.05) is 26.1 Å². The zero-order valence-corrected chi connectivity index (χ0v) is 11.6. The van der Waals surface area contributed by atoms with Crippen LogP contribution in [0, 0.1) is 11.6 Å². The predicted octanol–water partition coefficient (Wildman–Crippen LogP) is 2.90. The molecule has 2 aromatic carbocycles. The highest BCUT2D eigenvalue weighted by molar-refractivity contribution is 5.76. The van der Waals surface area contributed by atoms with Crippen LogP contribution in [0.2, 0.25) is 0 Å². The summed E-state index contributed by atoms with van der Waals surface area (Å²) in [5, 5.41) is 0. The van der Waals surface area contributed by atoms with Gasteiger partial charge in [-0.2, -0.15) is 0 Å². The van der Waals surface area contributed by atoms with E-state index in [1.54, 1.807) is 0 Å². The maximum Gasteiger partial charge on any atom is 0.129 e. The van der Waals surface area contributed by atoms with Crippen LogP contribution in [0.4, 0.5) is 8.78 Å². The molecule has 0 radical (unpaired) electrons. The molecule has 21 heavy (non-hydrogen) atoms. The van der Waals surface area contributed by atoms with Gasteiger partial charge in [0.2, 0.25) is 0 Å². The van der Waals surface area contributed by atoms with E-state index in [2.05, 4.69) is 4.98 Å². The Bertz CT molecular complexity index is 809. The van der Waals surface area contributed by atoms with Gasteiger partial charge in [0.1, 0.15) is 17.5 Å². The van der Waals surface area contributed by atoms with Crippen LogP contribution >= 0.6 is 0 Å². The molecule has 3 aromatic rings. The van der Waals surface area contributed by atoms with Gasteiger partial charge in [-0.25, -0.2) is 13.8 Å². The highest BCUT2D eigenvalue weighted by Crippen LogP contribution is 2.20. The molecule has 1 heterocycles. The fourth-order valence-corrected chi connectivity index (χ4v) is 2.42. The second-order valence-electron chi connectivity index (χ2n) is 5.03. The van der Waals surface area contributed by atoms with E-state index in [4.69, 9.17) is 5.73 Å². The average molecular weight is 287 g/mol. The summed E-state index contributed by atoms with van der Waals surface area (Å²) >= 11 is 0. The van der Waals surface area contributed by atoms with Crippen LogP contribution in [-0.4, -0.2) is 9.55 Å². The summed E-state index contributed by atoms with van der Waals surface area (Å²) in [4.78, 5) is 4.53. The van der Waals surface area contributed by atoms with Gasteiger partial charge in [0.05, 0.1) is 11.0 Å². The molecule has 3 nitrogen and oxygen atoms in total. The minimum atomic E-state index is -0.575. The number of nitrogens with two attached hydrogens (primary N) is 1. The van der Waals surface area contributed by atoms with Crippen molar-refractivity contribution in [2.45, 2.75) is 13.0 Å². The fourth-order valence-electron chi connectivity index (χ4n) is 2.42. The Morgan fingerprint density at radius 2 is 1.95 bits per heavy atom. The van der Waals surface area contributed by atoms with Crippen LogP contribution in [0.15, 0.2) is 36.4 Å². The number of hydrogen-bond acceptors (Lipinski definition) is 2. The van der Waals surface area contributed by atoms with Gasteiger partial charge >= 0.3 is 0 Å². The number of fused-ring (bicyclic) bond motifs is 1. The first-order chi connectivity index (χ1) is 10.1. The number of halogens is 2. The number of nitrogens with zero attached hydrogens (tertiary/aromatic N) is 2. The van der Waals surface area contributed by atoms with Crippen molar-refractivity contribution < 1.29 is 8.78 Å². The van der Waals surface area contributed by atoms with Gasteiger partial charge in [-0.3, -0.25) is 0 Å². The molecule has 0 fully saturated rings. The maximum absolute atomic E-state index is 13.7. The van der Waals surface area contributed by atoms with Crippen molar-refractivity contribution >= 4 is 11.0 Å². The molecule has 108 valence electrons. The maximum atomic E-state index is 13.7. The largest absolute Gasteiger partial charge is 0.331 e. The Morgan fingerprint density at radius 3 is 2.67 bits per heavy atom. The fraction of sp³-hybridized carbons (Fsp3) is 0.188. The first-order valence-electron chi connectivity index (χ1n) is 6.66. The van der Waals surface area contributed by atoms with Crippen LogP contribution in [-0.2, 0) is 20.0 Å². The SMILES string of the molecule is Cn1c(Cc2ccc(F)cc2F)nc2cc(CN)ccc21. The van der Waals surface area contributed by atoms with Gasteiger partial charge in [0.15, 0.2) is 0 Å². The van der Waals surface area contributed by atoms with Crippen molar-refractivity contribution in [3.8, 4) is 0 Å². The Morgan fingerprint density at radius 1 is 1.14 bits per heavy atom. The Hall–Kier alpha value is -2.27. The van der Waals surface area contributed by atoms with E-state index in [-0.39, 0.29) is 0 Å². The van der Waals surface area contributed by atoms with E-state index in [0.29, 0.717) is 18.5 Å². The summed E-state index contributed by atoms with van der Waals surface area (Å²) in [6.45, 7) is 0.453. The van der Waals surface area contributed by atoms with Gasteiger partial charge in [-0.15, -0.1) is 0 Å². The molecule has 0 aliphatic heterocycles. The smallest absolute Gasteiger partial charge is 0.129 e. The Balaban J connectivity index is 2.02. The summed E-state index contributed by atoms with van der Waals surface area (Å²) in [7, 11) is 1.88. The highest BCUT2D eigenvalue weighted by atomic mass is 19.1. The molecule has 0 saturated heterocycles. The predicted molar refractivity (Wildman–Crippen MR) is 77.8 cm³/mol. The number of imidazole rings is 1. The van der Waals surface area contributed by atoms with Crippen LogP contribution in [0.3, 0.4) is 0 Å². The van der Waals surface area contributed by atoms with E-state index in [1.165, 1.54) is 12.1 Å². The second kappa shape index (κ2) is 5.26. The third-order valence-corrected chi connectivity index (χ3v) is 3.64. The lowest BCUT2D eigenvalue weighted by Gasteiger charge is -2.04. The average Bonchev–Trinajstić information content (AvgIpc) is 2.78. The monoisotopic (exact) mass is 287 g/mol. The number of aryl methyl sites for hydroxylation is 1. The van der Waals surface area contributed by atoms with Crippen molar-refractivity contribution in [1.29, 1.82) is 0 Å². The molecule has 0 spiro atoms. The van der Waals surface area contributed by atoms with Crippen molar-refractivity contribution in [2.75, 3.05) is 0 Å². The summed E-state index contributed by atoms with van der Waals surface area (Å²) in [5.41, 5.74) is 8.84. The van der Waals surface area contributed by atoms with E-state index < -0.39 is 11.6 Å². The van der Waals surface area contributed by atoms with Gasteiger partial charge < -0.3 is 10.3 Å². The molecule has 3 rings (SSSR count). The lowest BCUT2D eigenvalue weighted by molar-refractivity contribution is 0.573. The zero-order valence-electron chi connectivity index (χ0n) is 11.6. The second-order valence-corrected chi connectivity index (χ2v) is 5.03. The van der Waals surface area contributed by atoms with E-state index in [9.17, 15) is 8.78 Å². The quantitative estimate of drug-likeness (QED) is 0.805. The molecule has 0 aliphatic carbocycles. The van der Waals surface area contributed by atoms with Gasteiger partial charge in [-0.05, 0) is 29.3 Å². The topological polar surface area (TPSA) is 43.8 Å². The third kappa shape index (κ3) is 2.52. The molecule has 2 N–H and O–H groups in total. The summed E-state index contributed by atoms with van der Waals surface area (Å²) in [5.74, 6) is -0.400. The Kier molecular flexibility index (Phi) is 3.43. The summed E-state index contributed by atoms with van der Waals surface area (Å²) < 4.78 is 28.6. The summed E-state index contributed by atoms with van der Waals surface area (Å²) in [6, 6.07) is 9.44. The number of hydrogen-bond donors (Lipinski definition) is 1. The molecule has 5 heteroatoms. The number of aromatic nitrogens is 2. The van der Waals surface area contributed by atoms with Crippen LogP contribution in [0.1, 0.15) is 17.0 Å². The molecule has 0 aliphatic rings. The van der Waals surface area contributed by atoms with Gasteiger partial charge in [-0.1, -0.05) is 12.1 Å². The molecular weight excluding hydrogens is 272 g/mol. The Labute approximate surface area is 121 Å². The minimum Gasteiger partial charge on any atom is -0.331 e. The summed E-state index contributed by atoms with van der Waals surface area (Å²) in [6.07, 6.45) is 0.315. The molecule has 0 amide bonds. The highest BCUT2D eigenvalue weighted by Gasteiger charge is 2.11. The van der Waals surface area contributed by atoms with Crippen LogP contribution in [0.5, 0.6) is 0 Å². The van der Waals surface area contributed by atoms with Crippen molar-refractivity contribution in [2.24, 2.45) is 12.8 Å². The van der Waals surface area contributed by atoms with Gasteiger partial charge in [0.25, 0.3) is 0 Å². The number of rotatable bonds is 3. The van der Waals surface area contributed by atoms with Crippen molar-refractivity contribution in [3.05, 3.63) is 65.0 Å². The van der Waals surface area contributed by atoms with E-state index >= 15 is 0 Å². The lowest BCUT2D eigenvalue weighted by atomic mass is 10.1. The molecule has 0 unspecified atom stereocenters. The van der Waals surface area contributed by atoms with Crippen LogP contribution < -0.4 is 5.73 Å². The van der Waals surface area contributed by atoms with Crippen molar-refractivity contribution in [3.63, 3.8) is 0 Å². The van der Waals surface area contributed by atoms with E-state index in [1.807, 2.05) is 29.8 Å². The zero-order chi connectivity index (χ0) is 15.0. The molecule has 0 atom stereocenters. The minimum absolute atomic E-state index is 0.315. The first-order valence-corrected chi connectivity index (χ1v) is 6.66. The molecular formula is C16H15F2N3. The standard InChI is InChI=1S/C16H15F2N3/c1-21-15-5-2-10(9-19)6-14(15)20-16(21)7-11-3-4-12(17)8-13(11)18/h2-6,8H,7,9,19H2,1H3. The normalized spacial score (nSPS) is 11.2. The molecule has 1 aromatic heterocycles. The first kappa shape index (κ1) is 13.7. The third-order valence-electron chi connectivity index (χ3n) is 3.64.